The van der Waals surface area contributed by atoms with Crippen LogP contribution in [-0.2, 0) is 14.3 Å². The molecule has 3 amide bonds. The van der Waals surface area contributed by atoms with E-state index in [-0.39, 0.29) is 30.5 Å². The summed E-state index contributed by atoms with van der Waals surface area (Å²) in [6, 6.07) is 9.94. The molecule has 12 heteroatoms. The fraction of sp³-hybridized carbons (Fsp3) is 0.316. The first kappa shape index (κ1) is 21.2. The molecule has 162 valence electrons. The van der Waals surface area contributed by atoms with Gasteiger partial charge in [-0.3, -0.25) is 14.5 Å². The third-order valence-electron chi connectivity index (χ3n) is 4.83. The highest BCUT2D eigenvalue weighted by molar-refractivity contribution is 7.17. The maximum absolute atomic E-state index is 12.4. The number of nitrogens with zero attached hydrogens (tertiary/aromatic N) is 4. The Morgan fingerprint density at radius 2 is 1.87 bits per heavy atom. The molecule has 0 bridgehead atoms. The maximum atomic E-state index is 12.4. The molecule has 0 saturated carbocycles. The number of anilines is 2. The molecule has 0 spiro atoms. The highest BCUT2D eigenvalue weighted by Gasteiger charge is 2.35. The lowest BCUT2D eigenvalue weighted by Crippen LogP contribution is -2.41. The summed E-state index contributed by atoms with van der Waals surface area (Å²) in [7, 11) is 0. The summed E-state index contributed by atoms with van der Waals surface area (Å²) in [6.07, 6.45) is -1.33. The second kappa shape index (κ2) is 9.00. The Hall–Kier alpha value is -3.02. The number of hydrogen-bond acceptors (Lipinski definition) is 8. The van der Waals surface area contributed by atoms with Crippen LogP contribution < -0.4 is 9.80 Å². The minimum Gasteiger partial charge on any atom is -0.442 e. The van der Waals surface area contributed by atoms with Crippen molar-refractivity contribution in [2.75, 3.05) is 42.6 Å². The molecule has 2 saturated heterocycles. The molecule has 1 aromatic carbocycles. The molecule has 10 nitrogen and oxygen atoms in total. The average molecular weight is 465 g/mol. The van der Waals surface area contributed by atoms with Gasteiger partial charge in [0.2, 0.25) is 0 Å². The van der Waals surface area contributed by atoms with Crippen molar-refractivity contribution < 1.29 is 23.9 Å². The Kier molecular flexibility index (Phi) is 6.16. The number of carbonyl (C=O) groups excluding carboxylic acids is 3. The lowest BCUT2D eigenvalue weighted by atomic mass is 10.2. The van der Waals surface area contributed by atoms with E-state index in [0.29, 0.717) is 28.9 Å². The minimum absolute atomic E-state index is 0.0412. The molecular formula is C19H17ClN4O6S. The molecule has 1 aromatic heterocycles. The number of amides is 3. The largest absolute Gasteiger partial charge is 0.442 e. The van der Waals surface area contributed by atoms with E-state index in [9.17, 15) is 19.3 Å². The molecule has 3 heterocycles. The number of halogens is 1. The van der Waals surface area contributed by atoms with Crippen molar-refractivity contribution in [2.45, 2.75) is 6.10 Å². The monoisotopic (exact) mass is 464 g/mol. The molecule has 2 aliphatic heterocycles. The van der Waals surface area contributed by atoms with E-state index in [1.54, 1.807) is 35.2 Å². The zero-order chi connectivity index (χ0) is 22.0. The first-order valence-electron chi connectivity index (χ1n) is 9.33. The molecule has 2 fully saturated rings. The van der Waals surface area contributed by atoms with E-state index in [4.69, 9.17) is 21.1 Å². The van der Waals surface area contributed by atoms with Gasteiger partial charge in [0, 0.05) is 17.9 Å². The Balaban J connectivity index is 1.41. The second-order valence-electron chi connectivity index (χ2n) is 6.80. The van der Waals surface area contributed by atoms with Crippen LogP contribution in [0.25, 0.3) is 0 Å². The molecule has 0 N–H and O–H groups in total. The summed E-state index contributed by atoms with van der Waals surface area (Å²) < 4.78 is 10.8. The number of ether oxygens (including phenoxy) is 2. The molecule has 0 radical (unpaired) electrons. The van der Waals surface area contributed by atoms with Gasteiger partial charge in [-0.15, -0.1) is 16.2 Å². The third kappa shape index (κ3) is 4.53. The van der Waals surface area contributed by atoms with Crippen molar-refractivity contribution in [3.8, 4) is 0 Å². The SMILES string of the molecule is O=NN(C[C@H]1CN(c2ccc(N3CCOCC3=O)cc2)C(=O)O1)C(=O)c1ccc(Cl)s1. The van der Waals surface area contributed by atoms with Crippen LogP contribution >= 0.6 is 22.9 Å². The number of morpholine rings is 1. The molecule has 1 atom stereocenters. The van der Waals surface area contributed by atoms with E-state index >= 15 is 0 Å². The maximum Gasteiger partial charge on any atom is 0.414 e. The van der Waals surface area contributed by atoms with E-state index in [2.05, 4.69) is 5.29 Å². The Bertz CT molecular complexity index is 1010. The summed E-state index contributed by atoms with van der Waals surface area (Å²) in [5.74, 6) is -0.737. The van der Waals surface area contributed by atoms with E-state index < -0.39 is 18.1 Å². The Morgan fingerprint density at radius 3 is 2.48 bits per heavy atom. The zero-order valence-electron chi connectivity index (χ0n) is 16.1. The van der Waals surface area contributed by atoms with E-state index in [1.165, 1.54) is 11.0 Å². The van der Waals surface area contributed by atoms with Gasteiger partial charge in [-0.05, 0) is 36.4 Å². The number of hydrogen-bond donors (Lipinski definition) is 0. The van der Waals surface area contributed by atoms with Gasteiger partial charge < -0.3 is 14.4 Å². The highest BCUT2D eigenvalue weighted by Crippen LogP contribution is 2.27. The molecule has 4 rings (SSSR count). The standard InChI is InChI=1S/C19H17ClN4O6S/c20-16-6-5-15(31-16)18(26)24(21-28)10-14-9-23(19(27)30-14)13-3-1-12(2-4-13)22-7-8-29-11-17(22)25/h1-6,14H,7-11H2/t14-/m1/s1. The molecule has 0 aliphatic carbocycles. The van der Waals surface area contributed by atoms with Crippen LogP contribution in [0.3, 0.4) is 0 Å². The number of cyclic esters (lactones) is 1. The highest BCUT2D eigenvalue weighted by atomic mass is 35.5. The average Bonchev–Trinajstić information content (AvgIpc) is 3.37. The van der Waals surface area contributed by atoms with Crippen LogP contribution in [-0.4, -0.2) is 61.9 Å². The summed E-state index contributed by atoms with van der Waals surface area (Å²) in [5.41, 5.74) is 1.27. The number of carbonyl (C=O) groups is 3. The van der Waals surface area contributed by atoms with Crippen LogP contribution in [0, 0.1) is 4.91 Å². The Labute approximate surface area is 185 Å². The van der Waals surface area contributed by atoms with Crippen molar-refractivity contribution in [1.29, 1.82) is 0 Å². The van der Waals surface area contributed by atoms with Crippen LogP contribution in [0.15, 0.2) is 41.7 Å². The number of thiophene rings is 1. The van der Waals surface area contributed by atoms with Gasteiger partial charge in [-0.2, -0.15) is 5.01 Å². The van der Waals surface area contributed by atoms with Crippen LogP contribution in [0.5, 0.6) is 0 Å². The van der Waals surface area contributed by atoms with Gasteiger partial charge in [0.15, 0.2) is 0 Å². The van der Waals surface area contributed by atoms with Crippen molar-refractivity contribution in [1.82, 2.24) is 5.01 Å². The quantitative estimate of drug-likeness (QED) is 0.480. The van der Waals surface area contributed by atoms with Crippen molar-refractivity contribution in [2.24, 2.45) is 5.29 Å². The third-order valence-corrected chi connectivity index (χ3v) is 6.05. The molecule has 2 aromatic rings. The van der Waals surface area contributed by atoms with Crippen LogP contribution in [0.4, 0.5) is 16.2 Å². The smallest absolute Gasteiger partial charge is 0.414 e. The second-order valence-corrected chi connectivity index (χ2v) is 8.52. The van der Waals surface area contributed by atoms with Gasteiger partial charge in [0.25, 0.3) is 11.8 Å². The van der Waals surface area contributed by atoms with E-state index in [1.807, 2.05) is 0 Å². The first-order chi connectivity index (χ1) is 15.0. The molecule has 2 aliphatic rings. The summed E-state index contributed by atoms with van der Waals surface area (Å²) in [4.78, 5) is 51.2. The van der Waals surface area contributed by atoms with Gasteiger partial charge in [-0.25, -0.2) is 4.79 Å². The fourth-order valence-corrected chi connectivity index (χ4v) is 4.32. The zero-order valence-corrected chi connectivity index (χ0v) is 17.7. The van der Waals surface area contributed by atoms with Gasteiger partial charge >= 0.3 is 6.09 Å². The number of rotatable bonds is 6. The number of benzene rings is 1. The first-order valence-corrected chi connectivity index (χ1v) is 10.5. The lowest BCUT2D eigenvalue weighted by molar-refractivity contribution is -0.125. The predicted octanol–water partition coefficient (Wildman–Crippen LogP) is 2.91. The topological polar surface area (TPSA) is 109 Å². The molecule has 31 heavy (non-hydrogen) atoms. The van der Waals surface area contributed by atoms with Gasteiger partial charge in [0.05, 0.1) is 34.2 Å². The summed E-state index contributed by atoms with van der Waals surface area (Å²) in [5, 5.41) is 3.49. The normalized spacial score (nSPS) is 18.8. The predicted molar refractivity (Wildman–Crippen MR) is 113 cm³/mol. The number of nitroso groups, excluding NO2 is 1. The summed E-state index contributed by atoms with van der Waals surface area (Å²) >= 11 is 6.86. The molecule has 0 unspecified atom stereocenters. The van der Waals surface area contributed by atoms with Gasteiger partial charge in [0.1, 0.15) is 12.7 Å². The fourth-order valence-electron chi connectivity index (χ4n) is 3.33. The van der Waals surface area contributed by atoms with Crippen LogP contribution in [0.1, 0.15) is 9.67 Å². The van der Waals surface area contributed by atoms with Crippen molar-refractivity contribution >= 4 is 52.2 Å². The van der Waals surface area contributed by atoms with E-state index in [0.717, 1.165) is 16.3 Å². The summed E-state index contributed by atoms with van der Waals surface area (Å²) in [6.45, 7) is 0.925. The van der Waals surface area contributed by atoms with Crippen LogP contribution in [0.2, 0.25) is 4.34 Å². The Morgan fingerprint density at radius 1 is 1.16 bits per heavy atom. The lowest BCUT2D eigenvalue weighted by Gasteiger charge is -2.27. The molecular weight excluding hydrogens is 448 g/mol. The minimum atomic E-state index is -0.731. The van der Waals surface area contributed by atoms with Crippen molar-refractivity contribution in [3.63, 3.8) is 0 Å². The van der Waals surface area contributed by atoms with Gasteiger partial charge in [-0.1, -0.05) is 11.6 Å². The van der Waals surface area contributed by atoms with Crippen molar-refractivity contribution in [3.05, 3.63) is 50.5 Å².